The Hall–Kier alpha value is 0.270. The lowest BCUT2D eigenvalue weighted by atomic mass is 9.98. The van der Waals surface area contributed by atoms with Gasteiger partial charge in [-0.15, -0.1) is 0 Å². The summed E-state index contributed by atoms with van der Waals surface area (Å²) < 4.78 is 5.87. The van der Waals surface area contributed by atoms with Gasteiger partial charge in [-0.25, -0.2) is 0 Å². The molecule has 0 aromatic carbocycles. The molecule has 1 saturated carbocycles. The van der Waals surface area contributed by atoms with E-state index in [1.165, 1.54) is 44.3 Å². The summed E-state index contributed by atoms with van der Waals surface area (Å²) in [5.41, 5.74) is 0. The largest absolute Gasteiger partial charge is 0.378 e. The second-order valence-corrected chi connectivity index (χ2v) is 5.57. The van der Waals surface area contributed by atoms with Crippen molar-refractivity contribution in [3.8, 4) is 0 Å². The lowest BCUT2D eigenvalue weighted by Crippen LogP contribution is -2.21. The Morgan fingerprint density at radius 1 is 1.12 bits per heavy atom. The summed E-state index contributed by atoms with van der Waals surface area (Å²) >= 11 is 1.92. The summed E-state index contributed by atoms with van der Waals surface area (Å²) in [5.74, 6) is 1.27. The zero-order chi connectivity index (χ0) is 11.5. The highest BCUT2D eigenvalue weighted by Gasteiger charge is 2.12. The smallest absolute Gasteiger partial charge is 0.0575 e. The van der Waals surface area contributed by atoms with Gasteiger partial charge in [0.15, 0.2) is 0 Å². The molecule has 96 valence electrons. The summed E-state index contributed by atoms with van der Waals surface area (Å²) in [6, 6.07) is 0. The van der Waals surface area contributed by atoms with Crippen LogP contribution in [0.2, 0.25) is 0 Å². The number of rotatable bonds is 9. The van der Waals surface area contributed by atoms with Crippen molar-refractivity contribution in [2.24, 2.45) is 0 Å². The molecule has 0 aliphatic heterocycles. The third-order valence-electron chi connectivity index (χ3n) is 3.11. The summed E-state index contributed by atoms with van der Waals surface area (Å²) in [6.45, 7) is 3.21. The first-order valence-electron chi connectivity index (χ1n) is 6.74. The highest BCUT2D eigenvalue weighted by molar-refractivity contribution is 7.98. The van der Waals surface area contributed by atoms with E-state index in [0.29, 0.717) is 6.10 Å². The molecule has 2 nitrogen and oxygen atoms in total. The summed E-state index contributed by atoms with van der Waals surface area (Å²) in [5, 5.41) is 3.46. The Bertz CT molecular complexity index is 149. The van der Waals surface area contributed by atoms with Crippen molar-refractivity contribution < 1.29 is 4.74 Å². The molecule has 0 radical (unpaired) electrons. The molecule has 0 spiro atoms. The number of thioether (sulfide) groups is 1. The van der Waals surface area contributed by atoms with E-state index in [2.05, 4.69) is 11.6 Å². The third kappa shape index (κ3) is 7.53. The monoisotopic (exact) mass is 245 g/mol. The lowest BCUT2D eigenvalue weighted by Gasteiger charge is -2.21. The first kappa shape index (κ1) is 14.3. The molecule has 1 rings (SSSR count). The lowest BCUT2D eigenvalue weighted by molar-refractivity contribution is 0.0273. The minimum absolute atomic E-state index is 0.574. The molecule has 1 aliphatic rings. The SMILES string of the molecule is CSCCCNCCCOC1CCCCC1. The maximum atomic E-state index is 5.87. The fourth-order valence-electron chi connectivity index (χ4n) is 2.15. The minimum Gasteiger partial charge on any atom is -0.378 e. The molecule has 1 aliphatic carbocycles. The van der Waals surface area contributed by atoms with Gasteiger partial charge >= 0.3 is 0 Å². The van der Waals surface area contributed by atoms with Crippen LogP contribution >= 0.6 is 11.8 Å². The predicted octanol–water partition coefficient (Wildman–Crippen LogP) is 3.07. The first-order valence-corrected chi connectivity index (χ1v) is 8.14. The molecule has 0 amide bonds. The molecular formula is C13H27NOS. The molecule has 0 saturated heterocycles. The van der Waals surface area contributed by atoms with Crippen LogP contribution in [0.15, 0.2) is 0 Å². The van der Waals surface area contributed by atoms with Gasteiger partial charge in [0.25, 0.3) is 0 Å². The zero-order valence-electron chi connectivity index (χ0n) is 10.7. The van der Waals surface area contributed by atoms with Gasteiger partial charge in [-0.1, -0.05) is 19.3 Å². The predicted molar refractivity (Wildman–Crippen MR) is 73.3 cm³/mol. The van der Waals surface area contributed by atoms with E-state index >= 15 is 0 Å². The molecule has 0 bridgehead atoms. The fourth-order valence-corrected chi connectivity index (χ4v) is 2.58. The second kappa shape index (κ2) is 10.4. The molecule has 3 heteroatoms. The van der Waals surface area contributed by atoms with E-state index in [4.69, 9.17) is 4.74 Å². The van der Waals surface area contributed by atoms with E-state index in [9.17, 15) is 0 Å². The summed E-state index contributed by atoms with van der Waals surface area (Å²) in [7, 11) is 0. The minimum atomic E-state index is 0.574. The van der Waals surface area contributed by atoms with E-state index in [1.54, 1.807) is 0 Å². The standard InChI is InChI=1S/C13H27NOS/c1-16-12-6-10-14-9-5-11-15-13-7-3-2-4-8-13/h13-14H,2-12H2,1H3. The van der Waals surface area contributed by atoms with E-state index in [0.717, 1.165) is 26.1 Å². The molecule has 0 aromatic heterocycles. The first-order chi connectivity index (χ1) is 7.93. The molecule has 1 N–H and O–H groups in total. The van der Waals surface area contributed by atoms with Crippen molar-refractivity contribution >= 4 is 11.8 Å². The van der Waals surface area contributed by atoms with Crippen LogP contribution < -0.4 is 5.32 Å². The number of nitrogens with one attached hydrogen (secondary N) is 1. The van der Waals surface area contributed by atoms with E-state index < -0.39 is 0 Å². The molecular weight excluding hydrogens is 218 g/mol. The fraction of sp³-hybridized carbons (Fsp3) is 1.00. The Morgan fingerprint density at radius 2 is 1.88 bits per heavy atom. The highest BCUT2D eigenvalue weighted by Crippen LogP contribution is 2.20. The van der Waals surface area contributed by atoms with Gasteiger partial charge in [-0.05, 0) is 50.8 Å². The molecule has 0 atom stereocenters. The van der Waals surface area contributed by atoms with Crippen LogP contribution in [0.25, 0.3) is 0 Å². The van der Waals surface area contributed by atoms with Crippen LogP contribution in [-0.2, 0) is 4.74 Å². The number of hydrogen-bond donors (Lipinski definition) is 1. The maximum Gasteiger partial charge on any atom is 0.0575 e. The van der Waals surface area contributed by atoms with Crippen molar-refractivity contribution in [1.82, 2.24) is 5.32 Å². The highest BCUT2D eigenvalue weighted by atomic mass is 32.2. The van der Waals surface area contributed by atoms with Gasteiger partial charge in [0.2, 0.25) is 0 Å². The van der Waals surface area contributed by atoms with Crippen molar-refractivity contribution in [3.05, 3.63) is 0 Å². The Balaban J connectivity index is 1.77. The van der Waals surface area contributed by atoms with Crippen LogP contribution in [-0.4, -0.2) is 37.8 Å². The Labute approximate surface area is 105 Å². The third-order valence-corrected chi connectivity index (χ3v) is 3.80. The zero-order valence-corrected chi connectivity index (χ0v) is 11.5. The van der Waals surface area contributed by atoms with Crippen LogP contribution in [0.4, 0.5) is 0 Å². The molecule has 0 unspecified atom stereocenters. The molecule has 0 heterocycles. The van der Waals surface area contributed by atoms with Crippen LogP contribution in [0, 0.1) is 0 Å². The maximum absolute atomic E-state index is 5.87. The van der Waals surface area contributed by atoms with E-state index in [-0.39, 0.29) is 0 Å². The van der Waals surface area contributed by atoms with Crippen molar-refractivity contribution in [2.75, 3.05) is 31.7 Å². The van der Waals surface area contributed by atoms with Gasteiger partial charge in [0, 0.05) is 6.61 Å². The van der Waals surface area contributed by atoms with Crippen LogP contribution in [0.1, 0.15) is 44.9 Å². The van der Waals surface area contributed by atoms with Crippen molar-refractivity contribution in [3.63, 3.8) is 0 Å². The summed E-state index contributed by atoms with van der Waals surface area (Å²) in [4.78, 5) is 0. The normalized spacial score (nSPS) is 17.8. The molecule has 1 fully saturated rings. The van der Waals surface area contributed by atoms with Gasteiger partial charge in [-0.2, -0.15) is 11.8 Å². The van der Waals surface area contributed by atoms with Crippen LogP contribution in [0.5, 0.6) is 0 Å². The second-order valence-electron chi connectivity index (χ2n) is 4.58. The molecule has 16 heavy (non-hydrogen) atoms. The van der Waals surface area contributed by atoms with Gasteiger partial charge < -0.3 is 10.1 Å². The van der Waals surface area contributed by atoms with Crippen molar-refractivity contribution in [2.45, 2.75) is 51.0 Å². The van der Waals surface area contributed by atoms with Gasteiger partial charge in [-0.3, -0.25) is 0 Å². The average molecular weight is 245 g/mol. The van der Waals surface area contributed by atoms with Crippen molar-refractivity contribution in [1.29, 1.82) is 0 Å². The van der Waals surface area contributed by atoms with Gasteiger partial charge in [0.1, 0.15) is 0 Å². The Morgan fingerprint density at radius 3 is 2.62 bits per heavy atom. The van der Waals surface area contributed by atoms with Gasteiger partial charge in [0.05, 0.1) is 6.10 Å². The Kier molecular flexibility index (Phi) is 9.34. The quantitative estimate of drug-likeness (QED) is 0.631. The van der Waals surface area contributed by atoms with E-state index in [1.807, 2.05) is 11.8 Å². The number of hydrogen-bond acceptors (Lipinski definition) is 3. The molecule has 0 aromatic rings. The summed E-state index contributed by atoms with van der Waals surface area (Å²) in [6.07, 6.45) is 11.9. The number of ether oxygens (including phenoxy) is 1. The topological polar surface area (TPSA) is 21.3 Å². The average Bonchev–Trinajstić information content (AvgIpc) is 2.34. The van der Waals surface area contributed by atoms with Crippen LogP contribution in [0.3, 0.4) is 0 Å².